The number of nitro groups is 1. The topological polar surface area (TPSA) is 80.5 Å². The van der Waals surface area contributed by atoms with Crippen LogP contribution in [0.3, 0.4) is 0 Å². The van der Waals surface area contributed by atoms with Crippen LogP contribution in [0.1, 0.15) is 25.7 Å². The second kappa shape index (κ2) is 5.66. The Balaban J connectivity index is 2.25. The third-order valence-electron chi connectivity index (χ3n) is 3.25. The van der Waals surface area contributed by atoms with E-state index in [4.69, 9.17) is 0 Å². The largest absolute Gasteiger partial charge is 0.269 e. The predicted octanol–water partition coefficient (Wildman–Crippen LogP) is 2.16. The number of nitro benzene ring substituents is 1. The molecule has 1 aromatic rings. The Morgan fingerprint density at radius 2 is 1.53 bits per heavy atom. The fourth-order valence-corrected chi connectivity index (χ4v) is 3.69. The highest BCUT2D eigenvalue weighted by molar-refractivity contribution is 7.89. The number of nitrogens with zero attached hydrogens (tertiary/aromatic N) is 2. The van der Waals surface area contributed by atoms with Gasteiger partial charge in [0.2, 0.25) is 10.0 Å². The third-order valence-corrected chi connectivity index (χ3v) is 5.16. The van der Waals surface area contributed by atoms with Crippen LogP contribution >= 0.6 is 0 Å². The molecule has 0 saturated carbocycles. The zero-order chi connectivity index (χ0) is 13.9. The van der Waals surface area contributed by atoms with E-state index in [0.717, 1.165) is 25.7 Å². The molecule has 0 unspecified atom stereocenters. The molecule has 1 aromatic carbocycles. The van der Waals surface area contributed by atoms with E-state index >= 15 is 0 Å². The van der Waals surface area contributed by atoms with Gasteiger partial charge in [0, 0.05) is 25.2 Å². The summed E-state index contributed by atoms with van der Waals surface area (Å²) in [6.45, 7) is 1.05. The smallest absolute Gasteiger partial charge is 0.258 e. The molecular weight excluding hydrogens is 268 g/mol. The number of non-ortho nitro benzene ring substituents is 1. The highest BCUT2D eigenvalue weighted by Gasteiger charge is 2.25. The van der Waals surface area contributed by atoms with E-state index in [1.54, 1.807) is 0 Å². The van der Waals surface area contributed by atoms with Crippen molar-refractivity contribution in [2.24, 2.45) is 0 Å². The molecule has 0 aliphatic carbocycles. The Morgan fingerprint density at radius 1 is 1.00 bits per heavy atom. The molecule has 1 aliphatic rings. The first-order valence-electron chi connectivity index (χ1n) is 6.26. The summed E-state index contributed by atoms with van der Waals surface area (Å²) in [5.41, 5.74) is -0.102. The van der Waals surface area contributed by atoms with Crippen LogP contribution in [0.4, 0.5) is 5.69 Å². The van der Waals surface area contributed by atoms with Crippen LogP contribution in [0, 0.1) is 10.1 Å². The van der Waals surface area contributed by atoms with E-state index in [1.165, 1.54) is 28.6 Å². The van der Waals surface area contributed by atoms with Gasteiger partial charge >= 0.3 is 0 Å². The lowest BCUT2D eigenvalue weighted by molar-refractivity contribution is -0.384. The van der Waals surface area contributed by atoms with Gasteiger partial charge in [-0.1, -0.05) is 12.8 Å². The summed E-state index contributed by atoms with van der Waals surface area (Å²) in [5.74, 6) is 0. The molecule has 7 heteroatoms. The summed E-state index contributed by atoms with van der Waals surface area (Å²) < 4.78 is 26.2. The third kappa shape index (κ3) is 3.10. The number of rotatable bonds is 3. The van der Waals surface area contributed by atoms with Gasteiger partial charge in [-0.15, -0.1) is 0 Å². The van der Waals surface area contributed by atoms with E-state index in [9.17, 15) is 18.5 Å². The molecule has 0 spiro atoms. The fraction of sp³-hybridized carbons (Fsp3) is 0.500. The normalized spacial score (nSPS) is 17.9. The van der Waals surface area contributed by atoms with Crippen molar-refractivity contribution >= 4 is 15.7 Å². The number of sulfonamides is 1. The van der Waals surface area contributed by atoms with Gasteiger partial charge in [-0.3, -0.25) is 10.1 Å². The molecule has 6 nitrogen and oxygen atoms in total. The lowest BCUT2D eigenvalue weighted by atomic mass is 10.2. The summed E-state index contributed by atoms with van der Waals surface area (Å²) >= 11 is 0. The zero-order valence-electron chi connectivity index (χ0n) is 10.5. The van der Waals surface area contributed by atoms with E-state index in [-0.39, 0.29) is 10.6 Å². The SMILES string of the molecule is O=[N+]([O-])c1ccc(S(=O)(=O)N2CCCCCC2)cc1. The van der Waals surface area contributed by atoms with Crippen LogP contribution in [0.15, 0.2) is 29.2 Å². The average Bonchev–Trinajstić information content (AvgIpc) is 2.68. The van der Waals surface area contributed by atoms with Gasteiger partial charge in [0.05, 0.1) is 9.82 Å². The van der Waals surface area contributed by atoms with E-state index < -0.39 is 14.9 Å². The fourth-order valence-electron chi connectivity index (χ4n) is 2.17. The van der Waals surface area contributed by atoms with Crippen molar-refractivity contribution < 1.29 is 13.3 Å². The minimum Gasteiger partial charge on any atom is -0.258 e. The average molecular weight is 284 g/mol. The van der Waals surface area contributed by atoms with Crippen LogP contribution in [0.5, 0.6) is 0 Å². The van der Waals surface area contributed by atoms with Crippen molar-refractivity contribution in [3.8, 4) is 0 Å². The molecule has 0 atom stereocenters. The minimum atomic E-state index is -3.52. The van der Waals surface area contributed by atoms with Crippen molar-refractivity contribution in [1.29, 1.82) is 0 Å². The van der Waals surface area contributed by atoms with E-state index in [2.05, 4.69) is 0 Å². The van der Waals surface area contributed by atoms with Gasteiger partial charge in [-0.05, 0) is 25.0 Å². The number of hydrogen-bond acceptors (Lipinski definition) is 4. The molecule has 1 heterocycles. The monoisotopic (exact) mass is 284 g/mol. The Kier molecular flexibility index (Phi) is 4.16. The molecule has 1 saturated heterocycles. The van der Waals surface area contributed by atoms with Crippen LogP contribution in [-0.2, 0) is 10.0 Å². The minimum absolute atomic E-state index is 0.102. The molecule has 0 radical (unpaired) electrons. The van der Waals surface area contributed by atoms with Crippen molar-refractivity contribution in [3.63, 3.8) is 0 Å². The summed E-state index contributed by atoms with van der Waals surface area (Å²) in [6.07, 6.45) is 3.83. The molecule has 0 aromatic heterocycles. The quantitative estimate of drug-likeness (QED) is 0.629. The van der Waals surface area contributed by atoms with Crippen LogP contribution < -0.4 is 0 Å². The van der Waals surface area contributed by atoms with Gasteiger partial charge < -0.3 is 0 Å². The van der Waals surface area contributed by atoms with E-state index in [1.807, 2.05) is 0 Å². The number of benzene rings is 1. The first-order chi connectivity index (χ1) is 9.01. The summed E-state index contributed by atoms with van der Waals surface area (Å²) in [4.78, 5) is 10.1. The first-order valence-corrected chi connectivity index (χ1v) is 7.70. The Bertz CT molecular complexity index is 546. The Labute approximate surface area is 112 Å². The highest BCUT2D eigenvalue weighted by Crippen LogP contribution is 2.22. The van der Waals surface area contributed by atoms with Crippen LogP contribution in [0.25, 0.3) is 0 Å². The van der Waals surface area contributed by atoms with Crippen LogP contribution in [0.2, 0.25) is 0 Å². The van der Waals surface area contributed by atoms with Gasteiger partial charge in [0.1, 0.15) is 0 Å². The number of hydrogen-bond donors (Lipinski definition) is 0. The van der Waals surface area contributed by atoms with Gasteiger partial charge in [-0.25, -0.2) is 8.42 Å². The zero-order valence-corrected chi connectivity index (χ0v) is 11.3. The lowest BCUT2D eigenvalue weighted by Gasteiger charge is -2.19. The maximum atomic E-state index is 12.4. The lowest BCUT2D eigenvalue weighted by Crippen LogP contribution is -2.31. The van der Waals surface area contributed by atoms with Crippen molar-refractivity contribution in [2.45, 2.75) is 30.6 Å². The second-order valence-electron chi connectivity index (χ2n) is 4.57. The molecular formula is C12H16N2O4S. The van der Waals surface area contributed by atoms with Gasteiger partial charge in [0.25, 0.3) is 5.69 Å². The van der Waals surface area contributed by atoms with Crippen molar-refractivity contribution in [1.82, 2.24) is 4.31 Å². The maximum Gasteiger partial charge on any atom is 0.269 e. The van der Waals surface area contributed by atoms with Crippen molar-refractivity contribution in [2.75, 3.05) is 13.1 Å². The molecule has 0 bridgehead atoms. The first kappa shape index (κ1) is 14.0. The molecule has 1 aliphatic heterocycles. The Hall–Kier alpha value is -1.47. The predicted molar refractivity (Wildman–Crippen MR) is 70.3 cm³/mol. The van der Waals surface area contributed by atoms with Crippen molar-refractivity contribution in [3.05, 3.63) is 34.4 Å². The Morgan fingerprint density at radius 3 is 2.00 bits per heavy atom. The summed E-state index contributed by atoms with van der Waals surface area (Å²) in [6, 6.07) is 5.06. The summed E-state index contributed by atoms with van der Waals surface area (Å²) in [7, 11) is -3.52. The molecule has 104 valence electrons. The molecule has 19 heavy (non-hydrogen) atoms. The standard InChI is InChI=1S/C12H16N2O4S/c15-14(16)11-5-7-12(8-6-11)19(17,18)13-9-3-1-2-4-10-13/h5-8H,1-4,9-10H2. The molecule has 1 fully saturated rings. The van der Waals surface area contributed by atoms with Gasteiger partial charge in [-0.2, -0.15) is 4.31 Å². The second-order valence-corrected chi connectivity index (χ2v) is 6.51. The van der Waals surface area contributed by atoms with Crippen LogP contribution in [-0.4, -0.2) is 30.7 Å². The molecule has 0 N–H and O–H groups in total. The molecule has 0 amide bonds. The maximum absolute atomic E-state index is 12.4. The molecule has 2 rings (SSSR count). The highest BCUT2D eigenvalue weighted by atomic mass is 32.2. The van der Waals surface area contributed by atoms with Gasteiger partial charge in [0.15, 0.2) is 0 Å². The van der Waals surface area contributed by atoms with E-state index in [0.29, 0.717) is 13.1 Å². The summed E-state index contributed by atoms with van der Waals surface area (Å²) in [5, 5.41) is 10.6.